The predicted molar refractivity (Wildman–Crippen MR) is 111 cm³/mol. The lowest BCUT2D eigenvalue weighted by Gasteiger charge is -2.18. The maximum atomic E-state index is 14.5. The molecule has 0 saturated heterocycles. The highest BCUT2D eigenvalue weighted by molar-refractivity contribution is 5.95. The third-order valence-corrected chi connectivity index (χ3v) is 5.66. The number of H-pyrrole nitrogens is 1. The minimum absolute atomic E-state index is 0.0242. The van der Waals surface area contributed by atoms with Crippen LogP contribution in [0.3, 0.4) is 0 Å². The average Bonchev–Trinajstić information content (AvgIpc) is 3.38. The lowest BCUT2D eigenvalue weighted by molar-refractivity contribution is 0.0855. The fourth-order valence-corrected chi connectivity index (χ4v) is 4.14. The molecule has 2 atom stereocenters. The van der Waals surface area contributed by atoms with E-state index in [1.165, 1.54) is 12.3 Å². The number of amides is 1. The Labute approximate surface area is 180 Å². The van der Waals surface area contributed by atoms with Crippen LogP contribution in [0.2, 0.25) is 0 Å². The summed E-state index contributed by atoms with van der Waals surface area (Å²) in [5.41, 5.74) is 2.28. The van der Waals surface area contributed by atoms with Gasteiger partial charge in [0, 0.05) is 47.1 Å². The first kappa shape index (κ1) is 20.2. The van der Waals surface area contributed by atoms with E-state index in [1.807, 2.05) is 12.1 Å². The molecule has 0 spiro atoms. The van der Waals surface area contributed by atoms with Gasteiger partial charge in [-0.15, -0.1) is 0 Å². The van der Waals surface area contributed by atoms with Crippen LogP contribution in [0.15, 0.2) is 55.0 Å². The van der Waals surface area contributed by atoms with Gasteiger partial charge < -0.3 is 15.4 Å². The predicted octanol–water partition coefficient (Wildman–Crippen LogP) is 4.09. The number of carbonyl (C=O) groups is 1. The van der Waals surface area contributed by atoms with Crippen LogP contribution in [0.1, 0.15) is 39.5 Å². The molecule has 0 saturated carbocycles. The van der Waals surface area contributed by atoms with Crippen molar-refractivity contribution in [3.8, 4) is 11.3 Å². The third-order valence-electron chi connectivity index (χ3n) is 5.66. The van der Waals surface area contributed by atoms with Gasteiger partial charge in [-0.1, -0.05) is 0 Å². The second kappa shape index (κ2) is 7.76. The summed E-state index contributed by atoms with van der Waals surface area (Å²) in [5.74, 6) is -1.43. The zero-order valence-electron chi connectivity index (χ0n) is 16.5. The summed E-state index contributed by atoms with van der Waals surface area (Å²) in [6, 6.07) is 7.84. The molecule has 1 aliphatic carbocycles. The van der Waals surface area contributed by atoms with Crippen molar-refractivity contribution in [1.82, 2.24) is 20.3 Å². The fraction of sp³-hybridized carbons (Fsp3) is 0.174. The van der Waals surface area contributed by atoms with Crippen LogP contribution in [0.5, 0.6) is 0 Å². The number of hydrogen-bond acceptors (Lipinski definition) is 4. The number of rotatable bonds is 4. The molecule has 3 N–H and O–H groups in total. The molecule has 0 unspecified atom stereocenters. The first-order valence-electron chi connectivity index (χ1n) is 9.90. The highest BCUT2D eigenvalue weighted by Crippen LogP contribution is 2.36. The van der Waals surface area contributed by atoms with Gasteiger partial charge in [-0.2, -0.15) is 0 Å². The van der Waals surface area contributed by atoms with E-state index in [1.54, 1.807) is 24.5 Å². The second-order valence-corrected chi connectivity index (χ2v) is 7.63. The SMILES string of the molecule is O=C(N[C@@H]1c2c(F)cc(C(F)F)cc2C[C@@H]1O)c1ccc(-c2ccnc3[nH]ccc23)nc1. The van der Waals surface area contributed by atoms with Gasteiger partial charge in [-0.25, -0.2) is 18.2 Å². The fourth-order valence-electron chi connectivity index (χ4n) is 4.14. The summed E-state index contributed by atoms with van der Waals surface area (Å²) in [6.45, 7) is 0. The molecule has 3 aromatic heterocycles. The van der Waals surface area contributed by atoms with Crippen LogP contribution in [0.25, 0.3) is 22.3 Å². The van der Waals surface area contributed by atoms with Crippen LogP contribution >= 0.6 is 0 Å². The van der Waals surface area contributed by atoms with Crippen LogP contribution in [0, 0.1) is 5.82 Å². The molecule has 0 aliphatic heterocycles. The molecule has 4 aromatic rings. The summed E-state index contributed by atoms with van der Waals surface area (Å²) in [5, 5.41) is 13.8. The standard InChI is InChI=1S/C23H17F3N4O2/c24-16-8-13(21(25)26)7-12-9-18(31)20(19(12)16)30-23(32)11-1-2-17(29-10-11)14-3-5-27-22-15(14)4-6-28-22/h1-8,10,18,20-21,31H,9H2,(H,27,28)(H,30,32)/t18-,20-/m0/s1. The summed E-state index contributed by atoms with van der Waals surface area (Å²) >= 11 is 0. The van der Waals surface area contributed by atoms with Crippen molar-refractivity contribution in [1.29, 1.82) is 0 Å². The maximum Gasteiger partial charge on any atom is 0.263 e. The molecule has 6 nitrogen and oxygen atoms in total. The minimum Gasteiger partial charge on any atom is -0.390 e. The van der Waals surface area contributed by atoms with E-state index in [-0.39, 0.29) is 23.1 Å². The van der Waals surface area contributed by atoms with Crippen molar-refractivity contribution < 1.29 is 23.1 Å². The van der Waals surface area contributed by atoms with Gasteiger partial charge in [-0.05, 0) is 42.0 Å². The van der Waals surface area contributed by atoms with E-state index < -0.39 is 35.9 Å². The van der Waals surface area contributed by atoms with Crippen molar-refractivity contribution in [2.75, 3.05) is 0 Å². The van der Waals surface area contributed by atoms with Crippen LogP contribution in [-0.4, -0.2) is 32.1 Å². The Morgan fingerprint density at radius 1 is 1.19 bits per heavy atom. The van der Waals surface area contributed by atoms with E-state index in [2.05, 4.69) is 20.3 Å². The molecule has 0 bridgehead atoms. The first-order valence-corrected chi connectivity index (χ1v) is 9.90. The smallest absolute Gasteiger partial charge is 0.263 e. The topological polar surface area (TPSA) is 90.9 Å². The van der Waals surface area contributed by atoms with Crippen molar-refractivity contribution in [3.63, 3.8) is 0 Å². The molecule has 3 heterocycles. The summed E-state index contributed by atoms with van der Waals surface area (Å²) in [6.07, 6.45) is 0.854. The molecular weight excluding hydrogens is 421 g/mol. The highest BCUT2D eigenvalue weighted by atomic mass is 19.3. The number of halogens is 3. The Bertz CT molecular complexity index is 1320. The monoisotopic (exact) mass is 438 g/mol. The largest absolute Gasteiger partial charge is 0.390 e. The number of nitrogens with one attached hydrogen (secondary N) is 2. The third kappa shape index (κ3) is 3.40. The van der Waals surface area contributed by atoms with Gasteiger partial charge in [0.1, 0.15) is 11.5 Å². The molecule has 32 heavy (non-hydrogen) atoms. The number of aliphatic hydroxyl groups excluding tert-OH is 1. The quantitative estimate of drug-likeness (QED) is 0.448. The van der Waals surface area contributed by atoms with Gasteiger partial charge in [0.25, 0.3) is 12.3 Å². The molecule has 1 aromatic carbocycles. The highest BCUT2D eigenvalue weighted by Gasteiger charge is 2.36. The Hall–Kier alpha value is -3.72. The van der Waals surface area contributed by atoms with Gasteiger partial charge in [0.15, 0.2) is 0 Å². The number of carbonyl (C=O) groups excluding carboxylic acids is 1. The molecule has 5 rings (SSSR count). The van der Waals surface area contributed by atoms with Crippen LogP contribution in [-0.2, 0) is 6.42 Å². The average molecular weight is 438 g/mol. The lowest BCUT2D eigenvalue weighted by atomic mass is 10.0. The number of benzene rings is 1. The van der Waals surface area contributed by atoms with Gasteiger partial charge in [-0.3, -0.25) is 9.78 Å². The number of fused-ring (bicyclic) bond motifs is 2. The Morgan fingerprint density at radius 3 is 2.78 bits per heavy atom. The number of aliphatic hydroxyl groups is 1. The molecule has 1 aliphatic rings. The number of aromatic amines is 1. The number of aromatic nitrogens is 3. The summed E-state index contributed by atoms with van der Waals surface area (Å²) < 4.78 is 40.4. The van der Waals surface area contributed by atoms with Gasteiger partial charge >= 0.3 is 0 Å². The Morgan fingerprint density at radius 2 is 2.03 bits per heavy atom. The number of nitrogens with zero attached hydrogens (tertiary/aromatic N) is 2. The summed E-state index contributed by atoms with van der Waals surface area (Å²) in [4.78, 5) is 24.4. The van der Waals surface area contributed by atoms with Crippen molar-refractivity contribution in [2.45, 2.75) is 25.0 Å². The number of alkyl halides is 2. The Kier molecular flexibility index (Phi) is 4.90. The number of hydrogen-bond donors (Lipinski definition) is 3. The number of pyridine rings is 2. The van der Waals surface area contributed by atoms with Crippen LogP contribution < -0.4 is 5.32 Å². The first-order chi connectivity index (χ1) is 15.4. The van der Waals surface area contributed by atoms with E-state index in [4.69, 9.17) is 0 Å². The van der Waals surface area contributed by atoms with E-state index in [0.717, 1.165) is 22.7 Å². The maximum absolute atomic E-state index is 14.5. The molecule has 162 valence electrons. The molecule has 0 radical (unpaired) electrons. The van der Waals surface area contributed by atoms with Crippen LogP contribution in [0.4, 0.5) is 13.2 Å². The normalized spacial score (nSPS) is 17.7. The second-order valence-electron chi connectivity index (χ2n) is 7.63. The Balaban J connectivity index is 1.39. The molecule has 1 amide bonds. The molecule has 9 heteroatoms. The van der Waals surface area contributed by atoms with Crippen molar-refractivity contribution in [3.05, 3.63) is 83.1 Å². The molecule has 0 fully saturated rings. The van der Waals surface area contributed by atoms with Crippen molar-refractivity contribution in [2.24, 2.45) is 0 Å². The molecular formula is C23H17F3N4O2. The van der Waals surface area contributed by atoms with Gasteiger partial charge in [0.2, 0.25) is 0 Å². The van der Waals surface area contributed by atoms with E-state index in [0.29, 0.717) is 5.69 Å². The zero-order chi connectivity index (χ0) is 22.4. The summed E-state index contributed by atoms with van der Waals surface area (Å²) in [7, 11) is 0. The van der Waals surface area contributed by atoms with E-state index >= 15 is 0 Å². The minimum atomic E-state index is -2.82. The lowest BCUT2D eigenvalue weighted by Crippen LogP contribution is -2.34. The van der Waals surface area contributed by atoms with Crippen molar-refractivity contribution >= 4 is 16.9 Å². The zero-order valence-corrected chi connectivity index (χ0v) is 16.5. The van der Waals surface area contributed by atoms with Gasteiger partial charge in [0.05, 0.1) is 23.4 Å². The van der Waals surface area contributed by atoms with E-state index in [9.17, 15) is 23.1 Å².